The SMILES string of the molecule is CCN(C(C)C)C1CCC(NC(C)C)(C(=O)O)C1. The Labute approximate surface area is 111 Å². The molecule has 0 saturated heterocycles. The van der Waals surface area contributed by atoms with E-state index in [1.807, 2.05) is 13.8 Å². The van der Waals surface area contributed by atoms with Gasteiger partial charge >= 0.3 is 5.97 Å². The van der Waals surface area contributed by atoms with Crippen molar-refractivity contribution in [1.82, 2.24) is 10.2 Å². The highest BCUT2D eigenvalue weighted by atomic mass is 16.4. The van der Waals surface area contributed by atoms with E-state index in [1.165, 1.54) is 0 Å². The Morgan fingerprint density at radius 2 is 2.06 bits per heavy atom. The van der Waals surface area contributed by atoms with Gasteiger partial charge in [0.25, 0.3) is 0 Å². The monoisotopic (exact) mass is 256 g/mol. The molecule has 4 heteroatoms. The van der Waals surface area contributed by atoms with Crippen molar-refractivity contribution in [3.05, 3.63) is 0 Å². The van der Waals surface area contributed by atoms with Gasteiger partial charge in [-0.1, -0.05) is 6.92 Å². The van der Waals surface area contributed by atoms with Gasteiger partial charge in [-0.3, -0.25) is 15.0 Å². The van der Waals surface area contributed by atoms with Gasteiger partial charge in [0, 0.05) is 18.1 Å². The van der Waals surface area contributed by atoms with Crippen molar-refractivity contribution in [1.29, 1.82) is 0 Å². The van der Waals surface area contributed by atoms with Gasteiger partial charge in [-0.15, -0.1) is 0 Å². The Balaban J connectivity index is 2.79. The van der Waals surface area contributed by atoms with Crippen LogP contribution in [0, 0.1) is 0 Å². The molecule has 0 radical (unpaired) electrons. The van der Waals surface area contributed by atoms with E-state index in [0.717, 1.165) is 19.4 Å². The molecular weight excluding hydrogens is 228 g/mol. The topological polar surface area (TPSA) is 52.6 Å². The first kappa shape index (κ1) is 15.4. The quantitative estimate of drug-likeness (QED) is 0.764. The second-order valence-corrected chi connectivity index (χ2v) is 6.01. The van der Waals surface area contributed by atoms with Gasteiger partial charge in [-0.25, -0.2) is 0 Å². The minimum Gasteiger partial charge on any atom is -0.480 e. The zero-order valence-corrected chi connectivity index (χ0v) is 12.4. The number of rotatable bonds is 6. The lowest BCUT2D eigenvalue weighted by atomic mass is 9.96. The molecule has 2 N–H and O–H groups in total. The van der Waals surface area contributed by atoms with Crippen LogP contribution in [0.1, 0.15) is 53.9 Å². The summed E-state index contributed by atoms with van der Waals surface area (Å²) in [5.41, 5.74) is -0.721. The van der Waals surface area contributed by atoms with Crippen LogP contribution in [0.3, 0.4) is 0 Å². The highest BCUT2D eigenvalue weighted by Gasteiger charge is 2.47. The van der Waals surface area contributed by atoms with Gasteiger partial charge in [0.1, 0.15) is 5.54 Å². The molecule has 0 aromatic carbocycles. The Morgan fingerprint density at radius 3 is 2.44 bits per heavy atom. The first-order valence-electron chi connectivity index (χ1n) is 7.09. The summed E-state index contributed by atoms with van der Waals surface area (Å²) in [4.78, 5) is 14.0. The number of nitrogens with zero attached hydrogens (tertiary/aromatic N) is 1. The maximum Gasteiger partial charge on any atom is 0.323 e. The van der Waals surface area contributed by atoms with E-state index in [1.54, 1.807) is 0 Å². The van der Waals surface area contributed by atoms with Crippen LogP contribution in [0.25, 0.3) is 0 Å². The van der Waals surface area contributed by atoms with Crippen molar-refractivity contribution in [2.75, 3.05) is 6.54 Å². The molecule has 0 amide bonds. The fraction of sp³-hybridized carbons (Fsp3) is 0.929. The first-order valence-corrected chi connectivity index (χ1v) is 7.09. The van der Waals surface area contributed by atoms with Gasteiger partial charge in [-0.2, -0.15) is 0 Å². The number of nitrogens with one attached hydrogen (secondary N) is 1. The van der Waals surface area contributed by atoms with Crippen molar-refractivity contribution >= 4 is 5.97 Å². The van der Waals surface area contributed by atoms with Gasteiger partial charge < -0.3 is 5.11 Å². The van der Waals surface area contributed by atoms with Crippen molar-refractivity contribution in [3.8, 4) is 0 Å². The Hall–Kier alpha value is -0.610. The molecule has 1 fully saturated rings. The van der Waals surface area contributed by atoms with Gasteiger partial charge in [0.05, 0.1) is 0 Å². The van der Waals surface area contributed by atoms with Gasteiger partial charge in [-0.05, 0) is 53.5 Å². The molecule has 106 valence electrons. The molecule has 0 heterocycles. The predicted molar refractivity (Wildman–Crippen MR) is 73.8 cm³/mol. The summed E-state index contributed by atoms with van der Waals surface area (Å²) in [6.07, 6.45) is 2.42. The summed E-state index contributed by atoms with van der Waals surface area (Å²) in [6.45, 7) is 11.5. The van der Waals surface area contributed by atoms with E-state index in [4.69, 9.17) is 0 Å². The molecule has 0 aliphatic heterocycles. The summed E-state index contributed by atoms with van der Waals surface area (Å²) < 4.78 is 0. The molecule has 1 saturated carbocycles. The maximum atomic E-state index is 11.6. The fourth-order valence-electron chi connectivity index (χ4n) is 3.29. The van der Waals surface area contributed by atoms with Crippen LogP contribution in [0.2, 0.25) is 0 Å². The Kier molecular flexibility index (Phi) is 5.17. The third-order valence-corrected chi connectivity index (χ3v) is 3.96. The fourth-order valence-corrected chi connectivity index (χ4v) is 3.29. The smallest absolute Gasteiger partial charge is 0.323 e. The Morgan fingerprint density at radius 1 is 1.44 bits per heavy atom. The molecule has 1 aliphatic carbocycles. The van der Waals surface area contributed by atoms with Crippen LogP contribution in [-0.4, -0.2) is 46.2 Å². The normalized spacial score (nSPS) is 28.6. The van der Waals surface area contributed by atoms with E-state index in [2.05, 4.69) is 31.0 Å². The zero-order chi connectivity index (χ0) is 13.9. The van der Waals surface area contributed by atoms with E-state index >= 15 is 0 Å². The number of carboxylic acid groups (broad SMARTS) is 1. The number of carbonyl (C=O) groups is 1. The minimum absolute atomic E-state index is 0.203. The van der Waals surface area contributed by atoms with Crippen molar-refractivity contribution < 1.29 is 9.90 Å². The average molecular weight is 256 g/mol. The predicted octanol–water partition coefficient (Wildman–Crippen LogP) is 2.09. The molecule has 0 spiro atoms. The van der Waals surface area contributed by atoms with Crippen molar-refractivity contribution in [2.24, 2.45) is 0 Å². The number of carboxylic acids is 1. The molecule has 0 bridgehead atoms. The van der Waals surface area contributed by atoms with Crippen LogP contribution < -0.4 is 5.32 Å². The van der Waals surface area contributed by atoms with Crippen LogP contribution in [0.5, 0.6) is 0 Å². The summed E-state index contributed by atoms with van der Waals surface area (Å²) in [6, 6.07) is 1.06. The van der Waals surface area contributed by atoms with Crippen LogP contribution >= 0.6 is 0 Å². The number of aliphatic carboxylic acids is 1. The van der Waals surface area contributed by atoms with Crippen LogP contribution in [0.4, 0.5) is 0 Å². The molecule has 1 rings (SSSR count). The third kappa shape index (κ3) is 3.23. The summed E-state index contributed by atoms with van der Waals surface area (Å²) in [5, 5.41) is 12.8. The second kappa shape index (κ2) is 6.02. The minimum atomic E-state index is -0.721. The van der Waals surface area contributed by atoms with E-state index < -0.39 is 11.5 Å². The molecule has 2 unspecified atom stereocenters. The van der Waals surface area contributed by atoms with E-state index in [-0.39, 0.29) is 6.04 Å². The van der Waals surface area contributed by atoms with Crippen LogP contribution in [-0.2, 0) is 4.79 Å². The second-order valence-electron chi connectivity index (χ2n) is 6.01. The van der Waals surface area contributed by atoms with Crippen LogP contribution in [0.15, 0.2) is 0 Å². The third-order valence-electron chi connectivity index (χ3n) is 3.96. The molecule has 0 aromatic heterocycles. The number of hydrogen-bond acceptors (Lipinski definition) is 3. The van der Waals surface area contributed by atoms with Crippen molar-refractivity contribution in [2.45, 2.75) is 77.5 Å². The molecular formula is C14H28N2O2. The van der Waals surface area contributed by atoms with Crippen molar-refractivity contribution in [3.63, 3.8) is 0 Å². The maximum absolute atomic E-state index is 11.6. The molecule has 2 atom stereocenters. The molecule has 18 heavy (non-hydrogen) atoms. The summed E-state index contributed by atoms with van der Waals surface area (Å²) >= 11 is 0. The summed E-state index contributed by atoms with van der Waals surface area (Å²) in [7, 11) is 0. The lowest BCUT2D eigenvalue weighted by molar-refractivity contribution is -0.145. The average Bonchev–Trinajstić information content (AvgIpc) is 2.63. The molecule has 4 nitrogen and oxygen atoms in total. The lowest BCUT2D eigenvalue weighted by Crippen LogP contribution is -2.54. The van der Waals surface area contributed by atoms with Gasteiger partial charge in [0.2, 0.25) is 0 Å². The highest BCUT2D eigenvalue weighted by Crippen LogP contribution is 2.34. The Bertz CT molecular complexity index is 292. The van der Waals surface area contributed by atoms with E-state index in [0.29, 0.717) is 18.5 Å². The molecule has 0 aromatic rings. The highest BCUT2D eigenvalue weighted by molar-refractivity contribution is 5.79. The zero-order valence-electron chi connectivity index (χ0n) is 12.4. The number of hydrogen-bond donors (Lipinski definition) is 2. The summed E-state index contributed by atoms with van der Waals surface area (Å²) in [5.74, 6) is -0.696. The molecule has 1 aliphatic rings. The van der Waals surface area contributed by atoms with E-state index in [9.17, 15) is 9.90 Å². The standard InChI is InChI=1S/C14H28N2O2/c1-6-16(11(4)5)12-7-8-14(9-12,13(17)18)15-10(2)3/h10-12,15H,6-9H2,1-5H3,(H,17,18). The lowest BCUT2D eigenvalue weighted by Gasteiger charge is -2.33. The largest absolute Gasteiger partial charge is 0.480 e. The first-order chi connectivity index (χ1) is 8.32. The van der Waals surface area contributed by atoms with Gasteiger partial charge in [0.15, 0.2) is 0 Å².